The van der Waals surface area contributed by atoms with Crippen LogP contribution < -0.4 is 10.5 Å². The number of benzene rings is 2. The highest BCUT2D eigenvalue weighted by atomic mass is 16.5. The number of rotatable bonds is 5. The van der Waals surface area contributed by atoms with Crippen LogP contribution >= 0.6 is 0 Å². The molecule has 118 valence electrons. The molecular weight excluding hydrogens is 290 g/mol. The highest BCUT2D eigenvalue weighted by Gasteiger charge is 2.07. The summed E-state index contributed by atoms with van der Waals surface area (Å²) in [5.74, 6) is 1.58. The van der Waals surface area contributed by atoms with E-state index in [1.807, 2.05) is 47.2 Å². The third-order valence-corrected chi connectivity index (χ3v) is 3.69. The predicted molar refractivity (Wildman–Crippen MR) is 89.6 cm³/mol. The molecule has 1 aromatic heterocycles. The molecule has 0 bridgehead atoms. The van der Waals surface area contributed by atoms with Crippen LogP contribution in [0.15, 0.2) is 54.7 Å². The van der Waals surface area contributed by atoms with Gasteiger partial charge >= 0.3 is 0 Å². The van der Waals surface area contributed by atoms with Gasteiger partial charge in [-0.05, 0) is 35.4 Å². The van der Waals surface area contributed by atoms with Crippen LogP contribution in [0.2, 0.25) is 0 Å². The van der Waals surface area contributed by atoms with Crippen molar-refractivity contribution >= 4 is 5.95 Å². The van der Waals surface area contributed by atoms with Gasteiger partial charge in [-0.25, -0.2) is 4.98 Å². The molecule has 0 radical (unpaired) electrons. The zero-order valence-electron chi connectivity index (χ0n) is 12.9. The quantitative estimate of drug-likeness (QED) is 0.760. The molecule has 23 heavy (non-hydrogen) atoms. The number of hydrogen-bond acceptors (Lipinski definition) is 4. The molecule has 5 heteroatoms. The normalized spacial score (nSPS) is 10.7. The van der Waals surface area contributed by atoms with Crippen LogP contribution in [0, 0.1) is 0 Å². The maximum Gasteiger partial charge on any atom is 0.200 e. The van der Waals surface area contributed by atoms with Gasteiger partial charge in [-0.2, -0.15) is 0 Å². The molecule has 0 saturated heterocycles. The maximum absolute atomic E-state index is 9.33. The first kappa shape index (κ1) is 15.0. The summed E-state index contributed by atoms with van der Waals surface area (Å²) in [6.45, 7) is 0.627. The highest BCUT2D eigenvalue weighted by molar-refractivity contribution is 5.33. The summed E-state index contributed by atoms with van der Waals surface area (Å²) in [5.41, 5.74) is 9.13. The van der Waals surface area contributed by atoms with E-state index in [0.29, 0.717) is 12.5 Å². The molecule has 0 saturated carbocycles. The van der Waals surface area contributed by atoms with E-state index in [-0.39, 0.29) is 5.75 Å². The van der Waals surface area contributed by atoms with Gasteiger partial charge in [0, 0.05) is 12.6 Å². The molecular formula is C18H19N3O2. The molecule has 0 spiro atoms. The van der Waals surface area contributed by atoms with Gasteiger partial charge in [0.2, 0.25) is 5.95 Å². The molecule has 5 nitrogen and oxygen atoms in total. The van der Waals surface area contributed by atoms with E-state index in [2.05, 4.69) is 4.98 Å². The van der Waals surface area contributed by atoms with E-state index < -0.39 is 0 Å². The van der Waals surface area contributed by atoms with E-state index >= 15 is 0 Å². The standard InChI is InChI=1S/C18H19N3O2/c1-23-17-8-4-13(5-9-17)10-15-12-21(18(19)20-15)11-14-2-6-16(22)7-3-14/h2-9,12,22H,10-11H2,1H3,(H2,19,20). The molecule has 0 amide bonds. The zero-order chi connectivity index (χ0) is 16.2. The van der Waals surface area contributed by atoms with Crippen molar-refractivity contribution in [3.8, 4) is 11.5 Å². The molecule has 0 aliphatic heterocycles. The van der Waals surface area contributed by atoms with Gasteiger partial charge in [0.25, 0.3) is 0 Å². The number of hydrogen-bond donors (Lipinski definition) is 2. The van der Waals surface area contributed by atoms with Crippen LogP contribution in [-0.4, -0.2) is 21.8 Å². The van der Waals surface area contributed by atoms with Gasteiger partial charge in [-0.3, -0.25) is 0 Å². The van der Waals surface area contributed by atoms with Crippen molar-refractivity contribution in [1.29, 1.82) is 0 Å². The minimum Gasteiger partial charge on any atom is -0.508 e. The second-order valence-corrected chi connectivity index (χ2v) is 5.41. The number of ether oxygens (including phenoxy) is 1. The molecule has 3 rings (SSSR count). The van der Waals surface area contributed by atoms with Crippen LogP contribution in [0.3, 0.4) is 0 Å². The number of nitrogen functional groups attached to an aromatic ring is 1. The first-order chi connectivity index (χ1) is 11.1. The van der Waals surface area contributed by atoms with Crippen molar-refractivity contribution in [3.05, 3.63) is 71.5 Å². The number of phenolic OH excluding ortho intramolecular Hbond substituents is 1. The lowest BCUT2D eigenvalue weighted by Gasteiger charge is -2.04. The maximum atomic E-state index is 9.33. The first-order valence-corrected chi connectivity index (χ1v) is 7.36. The Morgan fingerprint density at radius 3 is 2.35 bits per heavy atom. The largest absolute Gasteiger partial charge is 0.508 e. The van der Waals surface area contributed by atoms with Crippen molar-refractivity contribution < 1.29 is 9.84 Å². The summed E-state index contributed by atoms with van der Waals surface area (Å²) in [6.07, 6.45) is 2.68. The number of methoxy groups -OCH3 is 1. The van der Waals surface area contributed by atoms with E-state index in [1.54, 1.807) is 19.2 Å². The number of aromatic nitrogens is 2. The van der Waals surface area contributed by atoms with Gasteiger partial charge in [-0.1, -0.05) is 24.3 Å². The molecule has 0 fully saturated rings. The summed E-state index contributed by atoms with van der Waals surface area (Å²) in [4.78, 5) is 4.42. The molecule has 0 aliphatic carbocycles. The second-order valence-electron chi connectivity index (χ2n) is 5.41. The van der Waals surface area contributed by atoms with E-state index in [9.17, 15) is 5.11 Å². The summed E-state index contributed by atoms with van der Waals surface area (Å²) >= 11 is 0. The Balaban J connectivity index is 1.73. The summed E-state index contributed by atoms with van der Waals surface area (Å²) in [6, 6.07) is 15.0. The number of nitrogens with two attached hydrogens (primary N) is 1. The van der Waals surface area contributed by atoms with Gasteiger partial charge in [0.1, 0.15) is 11.5 Å². The van der Waals surface area contributed by atoms with Crippen molar-refractivity contribution in [1.82, 2.24) is 9.55 Å². The third-order valence-electron chi connectivity index (χ3n) is 3.69. The zero-order valence-corrected chi connectivity index (χ0v) is 12.9. The fourth-order valence-electron chi connectivity index (χ4n) is 2.45. The van der Waals surface area contributed by atoms with Crippen LogP contribution in [0.4, 0.5) is 5.95 Å². The Hall–Kier alpha value is -2.95. The predicted octanol–water partition coefficient (Wildman–Crippen LogP) is 2.82. The van der Waals surface area contributed by atoms with Crippen molar-refractivity contribution in [2.24, 2.45) is 0 Å². The van der Waals surface area contributed by atoms with Crippen LogP contribution in [0.25, 0.3) is 0 Å². The Labute approximate surface area is 135 Å². The van der Waals surface area contributed by atoms with E-state index in [0.717, 1.165) is 29.0 Å². The van der Waals surface area contributed by atoms with Crippen LogP contribution in [0.5, 0.6) is 11.5 Å². The number of aromatic hydroxyl groups is 1. The van der Waals surface area contributed by atoms with E-state index in [1.165, 1.54) is 0 Å². The van der Waals surface area contributed by atoms with E-state index in [4.69, 9.17) is 10.5 Å². The summed E-state index contributed by atoms with van der Waals surface area (Å²) in [5, 5.41) is 9.33. The SMILES string of the molecule is COc1ccc(Cc2cn(Cc3ccc(O)cc3)c(N)n2)cc1. The average Bonchev–Trinajstić information content (AvgIpc) is 2.90. The topological polar surface area (TPSA) is 73.3 Å². The van der Waals surface area contributed by atoms with Gasteiger partial charge in [-0.15, -0.1) is 0 Å². The molecule has 3 N–H and O–H groups in total. The summed E-state index contributed by atoms with van der Waals surface area (Å²) < 4.78 is 7.07. The number of nitrogens with zero attached hydrogens (tertiary/aromatic N) is 2. The summed E-state index contributed by atoms with van der Waals surface area (Å²) in [7, 11) is 1.65. The molecule has 0 unspecified atom stereocenters. The second kappa shape index (κ2) is 6.44. The smallest absolute Gasteiger partial charge is 0.200 e. The monoisotopic (exact) mass is 309 g/mol. The van der Waals surface area contributed by atoms with Gasteiger partial charge in [0.05, 0.1) is 19.3 Å². The molecule has 2 aromatic carbocycles. The lowest BCUT2D eigenvalue weighted by Crippen LogP contribution is -2.03. The van der Waals surface area contributed by atoms with Gasteiger partial charge in [0.15, 0.2) is 0 Å². The fraction of sp³-hybridized carbons (Fsp3) is 0.167. The molecule has 3 aromatic rings. The Bertz CT molecular complexity index is 777. The average molecular weight is 309 g/mol. The van der Waals surface area contributed by atoms with Gasteiger partial charge < -0.3 is 20.1 Å². The Morgan fingerprint density at radius 2 is 1.70 bits per heavy atom. The minimum atomic E-state index is 0.257. The van der Waals surface area contributed by atoms with Crippen LogP contribution in [0.1, 0.15) is 16.8 Å². The van der Waals surface area contributed by atoms with Crippen molar-refractivity contribution in [2.45, 2.75) is 13.0 Å². The Morgan fingerprint density at radius 1 is 1.04 bits per heavy atom. The molecule has 1 heterocycles. The Kier molecular flexibility index (Phi) is 4.19. The highest BCUT2D eigenvalue weighted by Crippen LogP contribution is 2.17. The number of phenols is 1. The molecule has 0 aliphatic rings. The number of imidazole rings is 1. The first-order valence-electron chi connectivity index (χ1n) is 7.36. The third kappa shape index (κ3) is 3.63. The fourth-order valence-corrected chi connectivity index (χ4v) is 2.45. The number of anilines is 1. The minimum absolute atomic E-state index is 0.257. The van der Waals surface area contributed by atoms with Crippen molar-refractivity contribution in [2.75, 3.05) is 12.8 Å². The molecule has 0 atom stereocenters. The van der Waals surface area contributed by atoms with Crippen LogP contribution in [-0.2, 0) is 13.0 Å². The van der Waals surface area contributed by atoms with Crippen molar-refractivity contribution in [3.63, 3.8) is 0 Å². The lowest BCUT2D eigenvalue weighted by molar-refractivity contribution is 0.414. The lowest BCUT2D eigenvalue weighted by atomic mass is 10.1.